The molecule has 266 valence electrons. The van der Waals surface area contributed by atoms with Crippen molar-refractivity contribution in [3.63, 3.8) is 0 Å². The highest BCUT2D eigenvalue weighted by Gasteiger charge is 2.50. The van der Waals surface area contributed by atoms with Crippen molar-refractivity contribution in [1.29, 1.82) is 0 Å². The summed E-state index contributed by atoms with van der Waals surface area (Å²) >= 11 is 0. The van der Waals surface area contributed by atoms with Crippen LogP contribution in [0.2, 0.25) is 25.7 Å². The number of aliphatic hydroxyl groups is 1. The minimum atomic E-state index is -1.45. The highest BCUT2D eigenvalue weighted by Crippen LogP contribution is 2.37. The number of carbonyl (C=O) groups is 3. The first-order valence-electron chi connectivity index (χ1n) is 16.4. The van der Waals surface area contributed by atoms with Crippen molar-refractivity contribution in [1.82, 2.24) is 0 Å². The molecule has 0 aromatic heterocycles. The maximum Gasteiger partial charge on any atom is 0.308 e. The summed E-state index contributed by atoms with van der Waals surface area (Å²) in [5.74, 6) is -1.78. The summed E-state index contributed by atoms with van der Waals surface area (Å²) in [6, 6.07) is 0.968. The molecule has 3 aliphatic heterocycles. The minimum absolute atomic E-state index is 0.000118. The number of carbonyl (C=O) groups excluding carboxylic acids is 3. The Labute approximate surface area is 274 Å². The Bertz CT molecular complexity index is 1030. The van der Waals surface area contributed by atoms with Crippen molar-refractivity contribution < 1.29 is 62.1 Å². The molecule has 14 heteroatoms. The second-order valence-corrected chi connectivity index (χ2v) is 20.2. The van der Waals surface area contributed by atoms with Crippen LogP contribution in [0.5, 0.6) is 0 Å². The number of rotatable bonds is 12. The predicted octanol–water partition coefficient (Wildman–Crippen LogP) is 3.70. The third-order valence-corrected chi connectivity index (χ3v) is 10.1. The molecule has 12 atom stereocenters. The number of hydrogen-bond acceptors (Lipinski definition) is 13. The zero-order chi connectivity index (χ0) is 34.6. The van der Waals surface area contributed by atoms with Gasteiger partial charge in [0.2, 0.25) is 0 Å². The van der Waals surface area contributed by atoms with Crippen LogP contribution in [0.1, 0.15) is 74.7 Å². The first kappa shape index (κ1) is 38.8. The lowest BCUT2D eigenvalue weighted by Gasteiger charge is -2.47. The molecule has 46 heavy (non-hydrogen) atoms. The third kappa shape index (κ3) is 11.2. The van der Waals surface area contributed by atoms with Gasteiger partial charge in [0.05, 0.1) is 24.2 Å². The van der Waals surface area contributed by atoms with E-state index in [2.05, 4.69) is 19.6 Å². The van der Waals surface area contributed by atoms with Gasteiger partial charge in [0.15, 0.2) is 37.2 Å². The van der Waals surface area contributed by atoms with Gasteiger partial charge in [0.25, 0.3) is 0 Å². The number of hydrogen-bond donors (Lipinski definition) is 1. The molecule has 13 nitrogen and oxygen atoms in total. The first-order chi connectivity index (χ1) is 21.3. The largest absolute Gasteiger partial charge is 0.457 e. The Hall–Kier alpha value is -1.65. The van der Waals surface area contributed by atoms with Crippen LogP contribution in [-0.2, 0) is 57.0 Å². The Morgan fingerprint density at radius 3 is 1.76 bits per heavy atom. The fourth-order valence-corrected chi connectivity index (χ4v) is 6.68. The highest BCUT2D eigenvalue weighted by atomic mass is 28.3. The number of ether oxygens (including phenoxy) is 9. The molecule has 0 saturated carbocycles. The van der Waals surface area contributed by atoms with E-state index in [4.69, 9.17) is 42.6 Å². The summed E-state index contributed by atoms with van der Waals surface area (Å²) in [6.45, 7) is 20.3. The van der Waals surface area contributed by atoms with Crippen molar-refractivity contribution in [3.8, 4) is 0 Å². The molecule has 0 spiro atoms. The lowest BCUT2D eigenvalue weighted by molar-refractivity contribution is -0.334. The molecular formula is C32H56O13Si. The lowest BCUT2D eigenvalue weighted by Crippen LogP contribution is -2.59. The molecule has 3 saturated heterocycles. The zero-order valence-electron chi connectivity index (χ0n) is 29.3. The average Bonchev–Trinajstić information content (AvgIpc) is 2.88. The molecule has 0 aromatic rings. The third-order valence-electron chi connectivity index (χ3n) is 8.35. The van der Waals surface area contributed by atoms with Gasteiger partial charge in [-0.15, -0.1) is 0 Å². The van der Waals surface area contributed by atoms with Gasteiger partial charge in [0, 0.05) is 47.8 Å². The van der Waals surface area contributed by atoms with Crippen LogP contribution in [0.25, 0.3) is 0 Å². The quantitative estimate of drug-likeness (QED) is 0.182. The summed E-state index contributed by atoms with van der Waals surface area (Å²) < 4.78 is 54.0. The number of esters is 3. The molecule has 3 heterocycles. The molecule has 0 aliphatic carbocycles. The van der Waals surface area contributed by atoms with Crippen LogP contribution in [0.4, 0.5) is 0 Å². The van der Waals surface area contributed by atoms with Crippen LogP contribution in [0.3, 0.4) is 0 Å². The van der Waals surface area contributed by atoms with Gasteiger partial charge in [-0.05, 0) is 33.7 Å². The Balaban J connectivity index is 1.75. The van der Waals surface area contributed by atoms with Crippen LogP contribution >= 0.6 is 0 Å². The molecule has 1 N–H and O–H groups in total. The van der Waals surface area contributed by atoms with E-state index in [0.29, 0.717) is 13.0 Å². The van der Waals surface area contributed by atoms with Crippen LogP contribution in [-0.4, -0.2) is 111 Å². The van der Waals surface area contributed by atoms with Crippen LogP contribution < -0.4 is 0 Å². The Kier molecular flexibility index (Phi) is 13.6. The summed E-state index contributed by atoms with van der Waals surface area (Å²) in [5, 5.41) is 11.3. The molecule has 0 unspecified atom stereocenters. The molecule has 0 radical (unpaired) electrons. The Morgan fingerprint density at radius 1 is 0.804 bits per heavy atom. The van der Waals surface area contributed by atoms with Gasteiger partial charge < -0.3 is 47.7 Å². The molecule has 0 amide bonds. The van der Waals surface area contributed by atoms with Crippen molar-refractivity contribution >= 4 is 26.0 Å². The zero-order valence-corrected chi connectivity index (χ0v) is 30.3. The summed E-state index contributed by atoms with van der Waals surface area (Å²) in [7, 11) is -1.33. The fourth-order valence-electron chi connectivity index (χ4n) is 5.95. The van der Waals surface area contributed by atoms with Crippen molar-refractivity contribution in [2.24, 2.45) is 5.92 Å². The van der Waals surface area contributed by atoms with E-state index in [-0.39, 0.29) is 18.8 Å². The summed E-state index contributed by atoms with van der Waals surface area (Å²) in [6.07, 6.45) is -7.42. The van der Waals surface area contributed by atoms with E-state index in [1.807, 2.05) is 6.92 Å². The second kappa shape index (κ2) is 16.2. The molecular weight excluding hydrogens is 620 g/mol. The van der Waals surface area contributed by atoms with E-state index >= 15 is 0 Å². The lowest BCUT2D eigenvalue weighted by atomic mass is 9.88. The molecule has 3 aliphatic rings. The monoisotopic (exact) mass is 676 g/mol. The maximum atomic E-state index is 12.3. The van der Waals surface area contributed by atoms with Gasteiger partial charge >= 0.3 is 17.9 Å². The van der Waals surface area contributed by atoms with E-state index < -0.39 is 99.3 Å². The van der Waals surface area contributed by atoms with Crippen LogP contribution in [0, 0.1) is 5.92 Å². The van der Waals surface area contributed by atoms with Crippen molar-refractivity contribution in [3.05, 3.63) is 0 Å². The van der Waals surface area contributed by atoms with E-state index in [1.54, 1.807) is 34.6 Å². The van der Waals surface area contributed by atoms with Gasteiger partial charge in [-0.2, -0.15) is 0 Å². The van der Waals surface area contributed by atoms with E-state index in [0.717, 1.165) is 6.04 Å². The normalized spacial score (nSPS) is 38.7. The maximum absolute atomic E-state index is 12.3. The minimum Gasteiger partial charge on any atom is -0.457 e. The van der Waals surface area contributed by atoms with Gasteiger partial charge in [-0.1, -0.05) is 33.5 Å². The van der Waals surface area contributed by atoms with Gasteiger partial charge in [-0.3, -0.25) is 14.4 Å². The van der Waals surface area contributed by atoms with Crippen LogP contribution in [0.15, 0.2) is 0 Å². The van der Waals surface area contributed by atoms with E-state index in [9.17, 15) is 19.5 Å². The van der Waals surface area contributed by atoms with E-state index in [1.165, 1.54) is 13.8 Å². The topological polar surface area (TPSA) is 155 Å². The molecule has 0 bridgehead atoms. The predicted molar refractivity (Wildman–Crippen MR) is 167 cm³/mol. The average molecular weight is 677 g/mol. The second-order valence-electron chi connectivity index (χ2n) is 14.5. The van der Waals surface area contributed by atoms with Gasteiger partial charge in [0.1, 0.15) is 17.8 Å². The SMILES string of the molecule is CC(=O)O[C@@H]1[C@@H](C)O[C@@H](OCC[Si](C)(C)C)C[C@H]1O[C@H]1C[C@H](O[C@H]2C[C@@](C)(O)[C@@H](OC(=O)C(C)C)[C@H](C)O2)[C@H](OC(C)=O)[C@@H](C)O1. The molecule has 3 rings (SSSR count). The van der Waals surface area contributed by atoms with Gasteiger partial charge in [-0.25, -0.2) is 0 Å². The first-order valence-corrected chi connectivity index (χ1v) is 20.1. The smallest absolute Gasteiger partial charge is 0.308 e. The fraction of sp³-hybridized carbons (Fsp3) is 0.906. The summed E-state index contributed by atoms with van der Waals surface area (Å²) in [5.41, 5.74) is -1.45. The standard InChI is InChI=1S/C32H56O13Si/c1-17(2)31(35)45-30-20(5)40-27(16-32(30,8)36)44-24-15-26(39-19(4)29(24)42-22(7)34)43-23-14-25(37-12-13-46(9,10)11)38-18(3)28(23)41-21(6)33/h17-20,23-30,36H,12-16H2,1-11H3/t18-,19-,20+,23-,24+,25-,26+,27+,28-,29-,30+,32-/m1/s1. The Morgan fingerprint density at radius 2 is 1.28 bits per heavy atom. The van der Waals surface area contributed by atoms with Crippen molar-refractivity contribution in [2.75, 3.05) is 6.61 Å². The molecule has 0 aromatic carbocycles. The molecule has 3 fully saturated rings. The summed E-state index contributed by atoms with van der Waals surface area (Å²) in [4.78, 5) is 36.4. The van der Waals surface area contributed by atoms with Crippen molar-refractivity contribution in [2.45, 2.75) is 174 Å². The highest BCUT2D eigenvalue weighted by molar-refractivity contribution is 6.76.